The van der Waals surface area contributed by atoms with Crippen LogP contribution in [-0.2, 0) is 0 Å². The number of hydrogen-bond donors (Lipinski definition) is 0. The summed E-state index contributed by atoms with van der Waals surface area (Å²) in [4.78, 5) is 0. The molecule has 1 heteroatoms. The van der Waals surface area contributed by atoms with Crippen LogP contribution < -0.4 is 5.19 Å². The van der Waals surface area contributed by atoms with E-state index in [4.69, 9.17) is 0 Å². The molecule has 1 unspecified atom stereocenters. The van der Waals surface area contributed by atoms with Crippen molar-refractivity contribution < 1.29 is 0 Å². The van der Waals surface area contributed by atoms with Crippen LogP contribution in [0.1, 0.15) is 24.8 Å². The first kappa shape index (κ1) is 15.8. The first-order valence-corrected chi connectivity index (χ1v) is 10.9. The van der Waals surface area contributed by atoms with Crippen molar-refractivity contribution in [3.05, 3.63) is 78.4 Å². The van der Waals surface area contributed by atoms with E-state index >= 15 is 0 Å². The molecule has 0 nitrogen and oxygen atoms in total. The minimum Gasteiger partial charge on any atom is -0.100 e. The molecule has 21 heavy (non-hydrogen) atoms. The van der Waals surface area contributed by atoms with E-state index in [1.165, 1.54) is 17.2 Å². The second kappa shape index (κ2) is 6.90. The summed E-state index contributed by atoms with van der Waals surface area (Å²) in [6, 6.07) is 23.2. The maximum atomic E-state index is 4.14. The first-order chi connectivity index (χ1) is 9.99. The predicted molar refractivity (Wildman–Crippen MR) is 97.0 cm³/mol. The fourth-order valence-electron chi connectivity index (χ4n) is 3.08. The van der Waals surface area contributed by atoms with Crippen LogP contribution >= 0.6 is 0 Å². The number of hydrogen-bond acceptors (Lipinski definition) is 0. The molecular formula is C20H26Si. The summed E-state index contributed by atoms with van der Waals surface area (Å²) in [6.45, 7) is 11.3. The van der Waals surface area contributed by atoms with Gasteiger partial charge in [-0.3, -0.25) is 0 Å². The normalized spacial score (nSPS) is 12.9. The van der Waals surface area contributed by atoms with Gasteiger partial charge in [0.2, 0.25) is 0 Å². The first-order valence-electron chi connectivity index (χ1n) is 7.74. The quantitative estimate of drug-likeness (QED) is 0.497. The predicted octanol–water partition coefficient (Wildman–Crippen LogP) is 5.35. The average molecular weight is 295 g/mol. The fourth-order valence-corrected chi connectivity index (χ4v) is 6.02. The van der Waals surface area contributed by atoms with Gasteiger partial charge in [0, 0.05) is 0 Å². The molecule has 0 bridgehead atoms. The molecule has 0 saturated carbocycles. The molecule has 0 aliphatic rings. The molecule has 0 fully saturated rings. The average Bonchev–Trinajstić information content (AvgIpc) is 2.48. The highest BCUT2D eigenvalue weighted by Gasteiger charge is 2.28. The molecule has 2 aromatic carbocycles. The van der Waals surface area contributed by atoms with E-state index in [2.05, 4.69) is 87.3 Å². The van der Waals surface area contributed by atoms with E-state index in [1.807, 2.05) is 0 Å². The summed E-state index contributed by atoms with van der Waals surface area (Å²) >= 11 is 0. The van der Waals surface area contributed by atoms with Crippen molar-refractivity contribution in [3.63, 3.8) is 0 Å². The van der Waals surface area contributed by atoms with Gasteiger partial charge in [-0.15, -0.1) is 6.58 Å². The van der Waals surface area contributed by atoms with Crippen molar-refractivity contribution in [3.8, 4) is 0 Å². The highest BCUT2D eigenvalue weighted by Crippen LogP contribution is 2.31. The van der Waals surface area contributed by atoms with Crippen LogP contribution in [0.25, 0.3) is 0 Å². The van der Waals surface area contributed by atoms with Crippen molar-refractivity contribution in [1.82, 2.24) is 0 Å². The summed E-state index contributed by atoms with van der Waals surface area (Å²) in [7, 11) is -1.43. The van der Waals surface area contributed by atoms with Gasteiger partial charge in [0.1, 0.15) is 0 Å². The van der Waals surface area contributed by atoms with Gasteiger partial charge in [-0.2, -0.15) is 0 Å². The van der Waals surface area contributed by atoms with E-state index in [1.54, 1.807) is 5.19 Å². The number of benzene rings is 2. The van der Waals surface area contributed by atoms with Crippen LogP contribution in [0.15, 0.2) is 72.8 Å². The van der Waals surface area contributed by atoms with Gasteiger partial charge in [-0.25, -0.2) is 0 Å². The Morgan fingerprint density at radius 3 is 2.00 bits per heavy atom. The Balaban J connectivity index is 2.24. The molecule has 0 radical (unpaired) electrons. The molecule has 0 saturated heterocycles. The molecule has 2 rings (SSSR count). The Morgan fingerprint density at radius 1 is 0.952 bits per heavy atom. The van der Waals surface area contributed by atoms with Gasteiger partial charge in [-0.05, 0) is 30.9 Å². The zero-order valence-electron chi connectivity index (χ0n) is 13.5. The monoisotopic (exact) mass is 294 g/mol. The van der Waals surface area contributed by atoms with Crippen molar-refractivity contribution in [2.24, 2.45) is 0 Å². The lowest BCUT2D eigenvalue weighted by molar-refractivity contribution is 0.741. The van der Waals surface area contributed by atoms with Crippen molar-refractivity contribution in [2.45, 2.75) is 38.4 Å². The Labute approximate surface area is 130 Å². The lowest BCUT2D eigenvalue weighted by Crippen LogP contribution is -2.42. The zero-order chi connectivity index (χ0) is 15.3. The van der Waals surface area contributed by atoms with Gasteiger partial charge in [0.15, 0.2) is 0 Å². The van der Waals surface area contributed by atoms with Crippen LogP contribution in [0.3, 0.4) is 0 Å². The topological polar surface area (TPSA) is 0 Å². The molecule has 0 heterocycles. The van der Waals surface area contributed by atoms with Crippen LogP contribution in [0, 0.1) is 0 Å². The number of rotatable bonds is 6. The Hall–Kier alpha value is -1.60. The molecule has 0 aliphatic heterocycles. The minimum atomic E-state index is -1.43. The second-order valence-corrected chi connectivity index (χ2v) is 11.5. The lowest BCUT2D eigenvalue weighted by Gasteiger charge is -2.29. The van der Waals surface area contributed by atoms with E-state index in [9.17, 15) is 0 Å². The van der Waals surface area contributed by atoms with E-state index in [-0.39, 0.29) is 0 Å². The maximum absolute atomic E-state index is 4.14. The molecule has 0 amide bonds. The summed E-state index contributed by atoms with van der Waals surface area (Å²) in [5, 5.41) is 1.55. The van der Waals surface area contributed by atoms with Gasteiger partial charge in [-0.1, -0.05) is 84.5 Å². The SMILES string of the molecule is C=C(C)CC(C[Si](C)(C)c1ccccc1)c1ccccc1. The van der Waals surface area contributed by atoms with Crippen LogP contribution in [0.2, 0.25) is 19.1 Å². The van der Waals surface area contributed by atoms with E-state index in [0.717, 1.165) is 6.42 Å². The lowest BCUT2D eigenvalue weighted by atomic mass is 9.95. The smallest absolute Gasteiger partial charge is 0.0812 e. The van der Waals surface area contributed by atoms with E-state index in [0.29, 0.717) is 5.92 Å². The van der Waals surface area contributed by atoms with E-state index < -0.39 is 8.07 Å². The molecule has 0 aliphatic carbocycles. The summed E-state index contributed by atoms with van der Waals surface area (Å²) < 4.78 is 0. The van der Waals surface area contributed by atoms with Gasteiger partial charge in [0.25, 0.3) is 0 Å². The third-order valence-corrected chi connectivity index (χ3v) is 7.59. The highest BCUT2D eigenvalue weighted by molar-refractivity contribution is 6.89. The van der Waals surface area contributed by atoms with Crippen LogP contribution in [0.4, 0.5) is 0 Å². The Bertz CT molecular complexity index is 569. The maximum Gasteiger partial charge on any atom is 0.0812 e. The molecular weight excluding hydrogens is 268 g/mol. The van der Waals surface area contributed by atoms with Crippen LogP contribution in [0.5, 0.6) is 0 Å². The molecule has 0 aromatic heterocycles. The number of allylic oxidation sites excluding steroid dienone is 1. The third kappa shape index (κ3) is 4.43. The zero-order valence-corrected chi connectivity index (χ0v) is 14.5. The van der Waals surface area contributed by atoms with Crippen molar-refractivity contribution in [1.29, 1.82) is 0 Å². The molecule has 0 spiro atoms. The largest absolute Gasteiger partial charge is 0.100 e. The Kier molecular flexibility index (Phi) is 5.19. The second-order valence-electron chi connectivity index (χ2n) is 6.72. The van der Waals surface area contributed by atoms with Gasteiger partial charge >= 0.3 is 0 Å². The fraction of sp³-hybridized carbons (Fsp3) is 0.300. The van der Waals surface area contributed by atoms with Crippen LogP contribution in [-0.4, -0.2) is 8.07 Å². The van der Waals surface area contributed by atoms with Crippen molar-refractivity contribution in [2.75, 3.05) is 0 Å². The van der Waals surface area contributed by atoms with Gasteiger partial charge < -0.3 is 0 Å². The summed E-state index contributed by atoms with van der Waals surface area (Å²) in [5.74, 6) is 0.588. The van der Waals surface area contributed by atoms with Crippen molar-refractivity contribution >= 4 is 13.3 Å². The molecule has 1 atom stereocenters. The van der Waals surface area contributed by atoms with Gasteiger partial charge in [0.05, 0.1) is 8.07 Å². The summed E-state index contributed by atoms with van der Waals surface area (Å²) in [6.07, 6.45) is 1.09. The summed E-state index contributed by atoms with van der Waals surface area (Å²) in [5.41, 5.74) is 2.73. The minimum absolute atomic E-state index is 0.588. The molecule has 0 N–H and O–H groups in total. The highest BCUT2D eigenvalue weighted by atomic mass is 28.3. The Morgan fingerprint density at radius 2 is 1.48 bits per heavy atom. The molecule has 110 valence electrons. The third-order valence-electron chi connectivity index (χ3n) is 4.18. The molecule has 2 aromatic rings. The standard InChI is InChI=1S/C20H26Si/c1-17(2)15-19(18-11-7-5-8-12-18)16-21(3,4)20-13-9-6-10-14-20/h5-14,19H,1,15-16H2,2-4H3.